The molecule has 6 heteroatoms. The quantitative estimate of drug-likeness (QED) is 0.453. The minimum Gasteiger partial charge on any atom is -0.399 e. The van der Waals surface area contributed by atoms with Gasteiger partial charge >= 0.3 is 0 Å². The zero-order valence-electron chi connectivity index (χ0n) is 8.47. The first-order valence-electron chi connectivity index (χ1n) is 4.92. The van der Waals surface area contributed by atoms with Gasteiger partial charge in [-0.1, -0.05) is 0 Å². The monoisotopic (exact) mass is 221 g/mol. The Bertz CT molecular complexity index is 455. The number of nitrogens with zero attached hydrogens (tertiary/aromatic N) is 1. The van der Waals surface area contributed by atoms with Gasteiger partial charge in [-0.3, -0.25) is 14.9 Å². The predicted octanol–water partition coefficient (Wildman–Crippen LogP) is 1.07. The molecule has 1 amide bonds. The highest BCUT2D eigenvalue weighted by Crippen LogP contribution is 2.24. The Balaban J connectivity index is 2.31. The van der Waals surface area contributed by atoms with E-state index in [9.17, 15) is 14.9 Å². The number of carbonyl (C=O) groups is 1. The fourth-order valence-corrected chi connectivity index (χ4v) is 1.39. The van der Waals surface area contributed by atoms with Crippen LogP contribution in [0.4, 0.5) is 11.4 Å². The molecular formula is C10H11N3O3. The van der Waals surface area contributed by atoms with E-state index in [-0.39, 0.29) is 17.3 Å². The van der Waals surface area contributed by atoms with E-state index in [1.807, 2.05) is 0 Å². The second-order valence-corrected chi connectivity index (χ2v) is 3.78. The number of rotatable bonds is 3. The molecule has 6 nitrogen and oxygen atoms in total. The molecule has 1 aromatic carbocycles. The van der Waals surface area contributed by atoms with Crippen LogP contribution >= 0.6 is 0 Å². The van der Waals surface area contributed by atoms with E-state index in [0.29, 0.717) is 5.69 Å². The molecule has 0 saturated heterocycles. The first kappa shape index (κ1) is 10.4. The van der Waals surface area contributed by atoms with Crippen molar-refractivity contribution < 1.29 is 9.72 Å². The zero-order chi connectivity index (χ0) is 11.7. The number of hydrogen-bond donors (Lipinski definition) is 2. The number of nitrogen functional groups attached to an aromatic ring is 1. The van der Waals surface area contributed by atoms with E-state index in [4.69, 9.17) is 5.73 Å². The van der Waals surface area contributed by atoms with Crippen LogP contribution < -0.4 is 11.1 Å². The number of nitrogens with two attached hydrogens (primary N) is 1. The van der Waals surface area contributed by atoms with Crippen molar-refractivity contribution >= 4 is 17.3 Å². The van der Waals surface area contributed by atoms with Crippen molar-refractivity contribution in [3.8, 4) is 0 Å². The lowest BCUT2D eigenvalue weighted by atomic mass is 10.1. The lowest BCUT2D eigenvalue weighted by Crippen LogP contribution is -2.26. The van der Waals surface area contributed by atoms with Gasteiger partial charge in [-0.25, -0.2) is 0 Å². The van der Waals surface area contributed by atoms with Crippen molar-refractivity contribution in [2.75, 3.05) is 5.73 Å². The maximum Gasteiger partial charge on any atom is 0.282 e. The van der Waals surface area contributed by atoms with Crippen LogP contribution in [0.5, 0.6) is 0 Å². The summed E-state index contributed by atoms with van der Waals surface area (Å²) in [5, 5.41) is 13.4. The van der Waals surface area contributed by atoms with E-state index in [1.165, 1.54) is 18.2 Å². The van der Waals surface area contributed by atoms with E-state index in [0.717, 1.165) is 12.8 Å². The number of carbonyl (C=O) groups excluding carboxylic acids is 1. The Morgan fingerprint density at radius 3 is 2.75 bits per heavy atom. The number of hydrogen-bond acceptors (Lipinski definition) is 4. The Kier molecular flexibility index (Phi) is 2.47. The number of anilines is 1. The Morgan fingerprint density at radius 1 is 1.50 bits per heavy atom. The molecule has 0 unspecified atom stereocenters. The molecule has 0 bridgehead atoms. The van der Waals surface area contributed by atoms with Crippen LogP contribution in [0.2, 0.25) is 0 Å². The highest BCUT2D eigenvalue weighted by atomic mass is 16.6. The lowest BCUT2D eigenvalue weighted by molar-refractivity contribution is -0.385. The molecule has 0 atom stereocenters. The van der Waals surface area contributed by atoms with Gasteiger partial charge in [-0.15, -0.1) is 0 Å². The average molecular weight is 221 g/mol. The number of benzene rings is 1. The molecule has 2 rings (SSSR count). The van der Waals surface area contributed by atoms with E-state index < -0.39 is 10.8 Å². The topological polar surface area (TPSA) is 98.3 Å². The fourth-order valence-electron chi connectivity index (χ4n) is 1.39. The van der Waals surface area contributed by atoms with Crippen molar-refractivity contribution in [2.45, 2.75) is 18.9 Å². The molecule has 3 N–H and O–H groups in total. The van der Waals surface area contributed by atoms with Gasteiger partial charge in [-0.2, -0.15) is 0 Å². The van der Waals surface area contributed by atoms with Gasteiger partial charge in [0.2, 0.25) is 0 Å². The van der Waals surface area contributed by atoms with Crippen molar-refractivity contribution in [1.29, 1.82) is 0 Å². The highest BCUT2D eigenvalue weighted by molar-refractivity contribution is 5.99. The Morgan fingerprint density at radius 2 is 2.19 bits per heavy atom. The summed E-state index contributed by atoms with van der Waals surface area (Å²) in [6.07, 6.45) is 1.86. The van der Waals surface area contributed by atoms with Crippen molar-refractivity contribution in [3.05, 3.63) is 33.9 Å². The first-order valence-corrected chi connectivity index (χ1v) is 4.92. The molecule has 16 heavy (non-hydrogen) atoms. The van der Waals surface area contributed by atoms with Gasteiger partial charge in [0.1, 0.15) is 5.56 Å². The minimum atomic E-state index is -0.582. The standard InChI is InChI=1S/C10H11N3O3/c11-6-1-4-9(13(15)16)8(5-6)10(14)12-7-2-3-7/h1,4-5,7H,2-3,11H2,(H,12,14). The summed E-state index contributed by atoms with van der Waals surface area (Å²) in [5.74, 6) is -0.429. The smallest absolute Gasteiger partial charge is 0.282 e. The van der Waals surface area contributed by atoms with Crippen LogP contribution in [0, 0.1) is 10.1 Å². The average Bonchev–Trinajstić information content (AvgIpc) is 3.01. The van der Waals surface area contributed by atoms with Crippen LogP contribution in [-0.4, -0.2) is 16.9 Å². The summed E-state index contributed by atoms with van der Waals surface area (Å²) in [4.78, 5) is 21.8. The van der Waals surface area contributed by atoms with Gasteiger partial charge in [0.25, 0.3) is 11.6 Å². The predicted molar refractivity (Wildman–Crippen MR) is 58.0 cm³/mol. The third-order valence-corrected chi connectivity index (χ3v) is 2.37. The van der Waals surface area contributed by atoms with Gasteiger partial charge < -0.3 is 11.1 Å². The van der Waals surface area contributed by atoms with Crippen LogP contribution in [0.15, 0.2) is 18.2 Å². The van der Waals surface area contributed by atoms with Gasteiger partial charge in [0.15, 0.2) is 0 Å². The number of nitrogens with one attached hydrogen (secondary N) is 1. The van der Waals surface area contributed by atoms with Gasteiger partial charge in [0, 0.05) is 17.8 Å². The van der Waals surface area contributed by atoms with Crippen LogP contribution in [-0.2, 0) is 0 Å². The van der Waals surface area contributed by atoms with Crippen molar-refractivity contribution in [2.24, 2.45) is 0 Å². The second kappa shape index (κ2) is 3.80. The van der Waals surface area contributed by atoms with Crippen LogP contribution in [0.25, 0.3) is 0 Å². The lowest BCUT2D eigenvalue weighted by Gasteiger charge is -2.04. The zero-order valence-corrected chi connectivity index (χ0v) is 8.47. The Labute approximate surface area is 91.6 Å². The van der Waals surface area contributed by atoms with Crippen LogP contribution in [0.3, 0.4) is 0 Å². The van der Waals surface area contributed by atoms with Crippen LogP contribution in [0.1, 0.15) is 23.2 Å². The molecule has 1 aliphatic rings. The molecule has 0 aromatic heterocycles. The van der Waals surface area contributed by atoms with E-state index in [1.54, 1.807) is 0 Å². The molecule has 1 aliphatic carbocycles. The fraction of sp³-hybridized carbons (Fsp3) is 0.300. The molecule has 0 radical (unpaired) electrons. The largest absolute Gasteiger partial charge is 0.399 e. The summed E-state index contributed by atoms with van der Waals surface area (Å²) in [7, 11) is 0. The summed E-state index contributed by atoms with van der Waals surface area (Å²) >= 11 is 0. The molecule has 0 heterocycles. The second-order valence-electron chi connectivity index (χ2n) is 3.78. The van der Waals surface area contributed by atoms with Crippen molar-refractivity contribution in [3.63, 3.8) is 0 Å². The summed E-state index contributed by atoms with van der Waals surface area (Å²) in [6, 6.07) is 4.15. The van der Waals surface area contributed by atoms with Gasteiger partial charge in [-0.05, 0) is 25.0 Å². The van der Waals surface area contributed by atoms with E-state index in [2.05, 4.69) is 5.32 Å². The third-order valence-electron chi connectivity index (χ3n) is 2.37. The molecule has 1 fully saturated rings. The number of nitro benzene ring substituents is 1. The minimum absolute atomic E-state index is 0.0249. The Hall–Kier alpha value is -2.11. The normalized spacial score (nSPS) is 14.5. The first-order chi connectivity index (χ1) is 7.58. The maximum atomic E-state index is 11.7. The number of nitro groups is 1. The molecule has 1 saturated carbocycles. The molecule has 84 valence electrons. The summed E-state index contributed by atoms with van der Waals surface area (Å²) < 4.78 is 0. The molecule has 0 aliphatic heterocycles. The van der Waals surface area contributed by atoms with Gasteiger partial charge in [0.05, 0.1) is 4.92 Å². The van der Waals surface area contributed by atoms with Crippen molar-refractivity contribution in [1.82, 2.24) is 5.32 Å². The highest BCUT2D eigenvalue weighted by Gasteiger charge is 2.27. The SMILES string of the molecule is Nc1ccc([N+](=O)[O-])c(C(=O)NC2CC2)c1. The number of amides is 1. The maximum absolute atomic E-state index is 11.7. The molecular weight excluding hydrogens is 210 g/mol. The molecule has 0 spiro atoms. The van der Waals surface area contributed by atoms with E-state index >= 15 is 0 Å². The molecule has 1 aromatic rings. The summed E-state index contributed by atoms with van der Waals surface area (Å²) in [6.45, 7) is 0. The third kappa shape index (κ3) is 2.10. The summed E-state index contributed by atoms with van der Waals surface area (Å²) in [5.41, 5.74) is 5.66.